The van der Waals surface area contributed by atoms with E-state index in [9.17, 15) is 0 Å². The van der Waals surface area contributed by atoms with Gasteiger partial charge in [0.2, 0.25) is 0 Å². The molecule has 6 heavy (non-hydrogen) atoms. The molecule has 0 radical (unpaired) electrons. The van der Waals surface area contributed by atoms with Crippen LogP contribution < -0.4 is 0 Å². The molecule has 0 atom stereocenters. The van der Waals surface area contributed by atoms with Gasteiger partial charge in [-0.05, 0) is 0 Å². The van der Waals surface area contributed by atoms with Crippen molar-refractivity contribution in [1.82, 2.24) is 0 Å². The molecule has 34 valence electrons. The Morgan fingerprint density at radius 2 is 2.33 bits per heavy atom. The van der Waals surface area contributed by atoms with E-state index in [-0.39, 0.29) is 0 Å². The quantitative estimate of drug-likeness (QED) is 0.532. The third-order valence-corrected chi connectivity index (χ3v) is 3.28. The van der Waals surface area contributed by atoms with Gasteiger partial charge in [-0.2, -0.15) is 0 Å². The molecule has 0 saturated heterocycles. The first-order chi connectivity index (χ1) is 2.91. The molecule has 0 nitrogen and oxygen atoms in total. The first-order valence-electron chi connectivity index (χ1n) is 2.22. The van der Waals surface area contributed by atoms with Crippen LogP contribution in [0.3, 0.4) is 0 Å². The molecule has 2 heteroatoms. The first kappa shape index (κ1) is 7.17. The average molecular weight is 269 g/mol. The summed E-state index contributed by atoms with van der Waals surface area (Å²) < 4.78 is 0. The summed E-state index contributed by atoms with van der Waals surface area (Å²) in [6.45, 7) is 2.24. The van der Waals surface area contributed by atoms with Crippen molar-refractivity contribution in [2.24, 2.45) is 0 Å². The maximum atomic E-state index is 2.24. The van der Waals surface area contributed by atoms with Crippen molar-refractivity contribution in [1.29, 1.82) is 0 Å². The van der Waals surface area contributed by atoms with E-state index in [0.717, 1.165) is 0 Å². The van der Waals surface area contributed by atoms with E-state index in [1.54, 1.807) is 25.6 Å². The Bertz CT molecular complexity index is 55.1. The molecule has 0 aromatic heterocycles. The third-order valence-electron chi connectivity index (χ3n) is 0.612. The number of rotatable bonds is 2. The minimum absolute atomic E-state index is 1.37. The number of hydrogen-bond donors (Lipinski definition) is 0. The van der Waals surface area contributed by atoms with E-state index in [2.05, 4.69) is 6.92 Å². The SMILES string of the molecule is CCCC[P+]#[Ta]. The monoisotopic (exact) mass is 269 g/mol. The topological polar surface area (TPSA) is 0 Å². The molecule has 0 unspecified atom stereocenters. The Morgan fingerprint density at radius 1 is 1.67 bits per heavy atom. The average Bonchev–Trinajstić information content (AvgIpc) is 1.61. The van der Waals surface area contributed by atoms with Crippen molar-refractivity contribution < 1.29 is 19.8 Å². The fourth-order valence-electron chi connectivity index (χ4n) is 0.229. The molecule has 0 amide bonds. The fourth-order valence-corrected chi connectivity index (χ4v) is 2.21. The summed E-state index contributed by atoms with van der Waals surface area (Å²) in [5.74, 6) is 1.66. The Balaban J connectivity index is 2.54. The molecule has 0 aromatic carbocycles. The van der Waals surface area contributed by atoms with E-state index in [1.165, 1.54) is 19.0 Å². The molecule has 0 aliphatic heterocycles. The van der Waals surface area contributed by atoms with Gasteiger partial charge in [0.1, 0.15) is 0 Å². The Morgan fingerprint density at radius 3 is 2.50 bits per heavy atom. The number of unbranched alkanes of at least 4 members (excludes halogenated alkanes) is 1. The van der Waals surface area contributed by atoms with E-state index in [1.807, 2.05) is 0 Å². The summed E-state index contributed by atoms with van der Waals surface area (Å²) >= 11 is 1.54. The van der Waals surface area contributed by atoms with Crippen LogP contribution in [0.1, 0.15) is 19.8 Å². The first-order valence-corrected chi connectivity index (χ1v) is 7.57. The van der Waals surface area contributed by atoms with Crippen LogP contribution in [0.2, 0.25) is 0 Å². The Labute approximate surface area is 51.8 Å². The molecular formula is C4H9PTa+. The van der Waals surface area contributed by atoms with Crippen LogP contribution in [0.25, 0.3) is 0 Å². The van der Waals surface area contributed by atoms with Gasteiger partial charge in [0.25, 0.3) is 0 Å². The van der Waals surface area contributed by atoms with Crippen LogP contribution in [0, 0.1) is 0 Å². The second-order valence-electron chi connectivity index (χ2n) is 1.22. The van der Waals surface area contributed by atoms with Gasteiger partial charge >= 0.3 is 51.5 Å². The van der Waals surface area contributed by atoms with Gasteiger partial charge < -0.3 is 0 Å². The van der Waals surface area contributed by atoms with E-state index >= 15 is 0 Å². The normalized spacial score (nSPS) is 8.00. The van der Waals surface area contributed by atoms with Crippen LogP contribution in [0.5, 0.6) is 0 Å². The summed E-state index contributed by atoms with van der Waals surface area (Å²) in [7, 11) is 0. The van der Waals surface area contributed by atoms with Crippen molar-refractivity contribution in [2.75, 3.05) is 6.16 Å². The van der Waals surface area contributed by atoms with Crippen LogP contribution in [-0.2, 0) is 19.8 Å². The van der Waals surface area contributed by atoms with Gasteiger partial charge in [0.15, 0.2) is 0 Å². The predicted molar refractivity (Wildman–Crippen MR) is 26.7 cm³/mol. The molecule has 0 N–H and O–H groups in total. The van der Waals surface area contributed by atoms with Gasteiger partial charge in [-0.1, -0.05) is 0 Å². The van der Waals surface area contributed by atoms with Gasteiger partial charge in [-0.25, -0.2) is 0 Å². The van der Waals surface area contributed by atoms with Gasteiger partial charge in [0.05, 0.1) is 0 Å². The zero-order chi connectivity index (χ0) is 4.83. The van der Waals surface area contributed by atoms with Crippen molar-refractivity contribution in [2.45, 2.75) is 19.8 Å². The Kier molecular flexibility index (Phi) is 7.37. The van der Waals surface area contributed by atoms with Gasteiger partial charge in [-0.15, -0.1) is 0 Å². The van der Waals surface area contributed by atoms with Gasteiger partial charge in [-0.3, -0.25) is 0 Å². The molecule has 0 heterocycles. The molecule has 0 bridgehead atoms. The third kappa shape index (κ3) is 5.17. The summed E-state index contributed by atoms with van der Waals surface area (Å²) in [6, 6.07) is 0. The summed E-state index contributed by atoms with van der Waals surface area (Å²) in [4.78, 5) is 0. The number of hydrogen-bond acceptors (Lipinski definition) is 0. The minimum atomic E-state index is 1.37. The molecule has 0 aliphatic rings. The van der Waals surface area contributed by atoms with Crippen LogP contribution in [0.15, 0.2) is 0 Å². The predicted octanol–water partition coefficient (Wildman–Crippen LogP) is 2.19. The van der Waals surface area contributed by atoms with Crippen molar-refractivity contribution in [3.05, 3.63) is 0 Å². The summed E-state index contributed by atoms with van der Waals surface area (Å²) in [5.41, 5.74) is 0. The van der Waals surface area contributed by atoms with E-state index < -0.39 is 0 Å². The summed E-state index contributed by atoms with van der Waals surface area (Å²) in [5, 5.41) is 0. The summed E-state index contributed by atoms with van der Waals surface area (Å²) in [6.07, 6.45) is 4.23. The van der Waals surface area contributed by atoms with Crippen molar-refractivity contribution >= 4 is 5.79 Å². The van der Waals surface area contributed by atoms with E-state index in [0.29, 0.717) is 0 Å². The molecular weight excluding hydrogens is 260 g/mol. The Hall–Kier alpha value is 1.17. The zero-order valence-corrected chi connectivity index (χ0v) is 8.12. The van der Waals surface area contributed by atoms with Gasteiger partial charge in [0, 0.05) is 0 Å². The van der Waals surface area contributed by atoms with E-state index in [4.69, 9.17) is 0 Å². The fraction of sp³-hybridized carbons (Fsp3) is 1.00. The maximum absolute atomic E-state index is 2.24. The van der Waals surface area contributed by atoms with Crippen LogP contribution in [0.4, 0.5) is 0 Å². The molecule has 0 saturated carbocycles. The van der Waals surface area contributed by atoms with Crippen molar-refractivity contribution in [3.63, 3.8) is 0 Å². The molecule has 0 aromatic rings. The second-order valence-corrected chi connectivity index (χ2v) is 5.00. The molecule has 0 rings (SSSR count). The van der Waals surface area contributed by atoms with Crippen LogP contribution >= 0.6 is 5.79 Å². The molecule has 0 aliphatic carbocycles. The molecule has 0 spiro atoms. The zero-order valence-electron chi connectivity index (χ0n) is 4.02. The van der Waals surface area contributed by atoms with Crippen LogP contribution in [-0.4, -0.2) is 6.16 Å². The van der Waals surface area contributed by atoms with Crippen molar-refractivity contribution in [3.8, 4) is 0 Å². The second kappa shape index (κ2) is 6.17. The molecule has 0 fully saturated rings. The standard InChI is InChI=1S/C4H9P.Ta/c1-2-3-4-5;/h2-4H2,1H3;/q+1;.